The minimum atomic E-state index is -4.35. The highest BCUT2D eigenvalue weighted by Gasteiger charge is 2.24. The molecule has 0 aliphatic heterocycles. The fourth-order valence-corrected chi connectivity index (χ4v) is 0.237. The van der Waals surface area contributed by atoms with Crippen LogP contribution >= 0.6 is 0 Å². The average Bonchev–Trinajstić information content (AvgIpc) is 1.64. The second-order valence-corrected chi connectivity index (χ2v) is 4.39. The Labute approximate surface area is 54.3 Å². The molecule has 0 aliphatic rings. The first-order valence-electron chi connectivity index (χ1n) is 2.37. The van der Waals surface area contributed by atoms with Crippen LogP contribution in [0.1, 0.15) is 13.8 Å². The van der Waals surface area contributed by atoms with Crippen molar-refractivity contribution in [2.24, 2.45) is 0 Å². The van der Waals surface area contributed by atoms with Crippen LogP contribution in [0.3, 0.4) is 0 Å². The monoisotopic (exact) mass is 153 g/mol. The molecule has 9 heavy (non-hydrogen) atoms. The molecule has 0 aromatic rings. The number of hydrogen-bond acceptors (Lipinski definition) is 4. The predicted molar refractivity (Wildman–Crippen MR) is 30.9 cm³/mol. The third-order valence-corrected chi connectivity index (χ3v) is 2.54. The normalized spacial score (nSPS) is 13.8. The molecule has 0 saturated heterocycles. The smallest absolute Gasteiger partial charge is 0.102 e. The molecule has 1 N–H and O–H groups in total. The van der Waals surface area contributed by atoms with E-state index in [1.807, 2.05) is 0 Å². The molecule has 0 aliphatic carbocycles. The lowest BCUT2D eigenvalue weighted by Crippen LogP contribution is -2.35. The zero-order valence-corrected chi connectivity index (χ0v) is 6.10. The molecule has 0 unspecified atom stereocenters. The number of rotatable bonds is 2. The van der Waals surface area contributed by atoms with Crippen LogP contribution in [-0.2, 0) is 10.1 Å². The van der Waals surface area contributed by atoms with Gasteiger partial charge in [-0.2, -0.15) is 0 Å². The average molecular weight is 153 g/mol. The summed E-state index contributed by atoms with van der Waals surface area (Å²) >= 11 is 0. The zero-order valence-electron chi connectivity index (χ0n) is 5.29. The van der Waals surface area contributed by atoms with E-state index in [4.69, 9.17) is 5.11 Å². The fourth-order valence-electron chi connectivity index (χ4n) is 0.0791. The molecule has 0 atom stereocenters. The van der Waals surface area contributed by atoms with Crippen LogP contribution in [0.5, 0.6) is 0 Å². The summed E-state index contributed by atoms with van der Waals surface area (Å²) in [7, 11) is -4.35. The van der Waals surface area contributed by atoms with Crippen molar-refractivity contribution in [2.45, 2.75) is 18.6 Å². The van der Waals surface area contributed by atoms with E-state index in [1.54, 1.807) is 0 Å². The van der Waals surface area contributed by atoms with Crippen LogP contribution in [0, 0.1) is 0 Å². The molecule has 0 bridgehead atoms. The van der Waals surface area contributed by atoms with Crippen molar-refractivity contribution < 1.29 is 18.1 Å². The van der Waals surface area contributed by atoms with Gasteiger partial charge in [0.2, 0.25) is 0 Å². The molecule has 0 amide bonds. The zero-order chi connectivity index (χ0) is 7.71. The van der Waals surface area contributed by atoms with E-state index in [1.165, 1.54) is 13.8 Å². The minimum Gasteiger partial charge on any atom is -0.747 e. The van der Waals surface area contributed by atoms with Crippen LogP contribution in [0.4, 0.5) is 0 Å². The van der Waals surface area contributed by atoms with E-state index >= 15 is 0 Å². The van der Waals surface area contributed by atoms with Gasteiger partial charge in [-0.05, 0) is 13.8 Å². The summed E-state index contributed by atoms with van der Waals surface area (Å²) in [6.45, 7) is 1.71. The number of aliphatic hydroxyl groups is 1. The Morgan fingerprint density at radius 1 is 1.56 bits per heavy atom. The van der Waals surface area contributed by atoms with Gasteiger partial charge in [-0.1, -0.05) is 0 Å². The van der Waals surface area contributed by atoms with E-state index in [0.29, 0.717) is 0 Å². The molecule has 0 radical (unpaired) electrons. The Morgan fingerprint density at radius 2 is 1.89 bits per heavy atom. The standard InChI is InChI=1S/C4H10O4S/c1-4(2,3-5)9(6,7)8/h5H,3H2,1-2H3,(H,6,7,8)/p-1. The summed E-state index contributed by atoms with van der Waals surface area (Å²) < 4.78 is 29.0. The third kappa shape index (κ3) is 1.92. The number of hydrogen-bond donors (Lipinski definition) is 1. The van der Waals surface area contributed by atoms with Crippen molar-refractivity contribution in [1.29, 1.82) is 0 Å². The fraction of sp³-hybridized carbons (Fsp3) is 1.00. The molecule has 0 aromatic carbocycles. The lowest BCUT2D eigenvalue weighted by molar-refractivity contribution is 0.248. The lowest BCUT2D eigenvalue weighted by Gasteiger charge is -2.24. The molecule has 0 fully saturated rings. The molecule has 4 nitrogen and oxygen atoms in total. The molecule has 0 spiro atoms. The molecule has 0 heterocycles. The second-order valence-electron chi connectivity index (χ2n) is 2.37. The van der Waals surface area contributed by atoms with Gasteiger partial charge in [-0.25, -0.2) is 8.42 Å². The van der Waals surface area contributed by atoms with E-state index < -0.39 is 21.5 Å². The molecule has 56 valence electrons. The predicted octanol–water partition coefficient (Wildman–Crippen LogP) is -0.697. The first-order valence-corrected chi connectivity index (χ1v) is 3.78. The highest BCUT2D eigenvalue weighted by molar-refractivity contribution is 7.87. The van der Waals surface area contributed by atoms with Gasteiger partial charge in [0.05, 0.1) is 11.4 Å². The molecular formula is C4H9O4S-. The maximum absolute atomic E-state index is 10.2. The Hall–Kier alpha value is -0.130. The summed E-state index contributed by atoms with van der Waals surface area (Å²) in [5, 5.41) is 8.35. The van der Waals surface area contributed by atoms with Gasteiger partial charge in [0.25, 0.3) is 0 Å². The van der Waals surface area contributed by atoms with Gasteiger partial charge in [0.15, 0.2) is 0 Å². The van der Waals surface area contributed by atoms with E-state index in [9.17, 15) is 13.0 Å². The lowest BCUT2D eigenvalue weighted by atomic mass is 10.2. The van der Waals surface area contributed by atoms with Gasteiger partial charge in [0, 0.05) is 0 Å². The van der Waals surface area contributed by atoms with Gasteiger partial charge in [0.1, 0.15) is 10.1 Å². The van der Waals surface area contributed by atoms with Crippen LogP contribution in [0.2, 0.25) is 0 Å². The van der Waals surface area contributed by atoms with E-state index in [2.05, 4.69) is 0 Å². The molecule has 5 heteroatoms. The van der Waals surface area contributed by atoms with Crippen molar-refractivity contribution in [1.82, 2.24) is 0 Å². The molecule has 0 saturated carbocycles. The topological polar surface area (TPSA) is 77.4 Å². The SMILES string of the molecule is CC(C)(CO)S(=O)(=O)[O-]. The van der Waals surface area contributed by atoms with Gasteiger partial charge in [-0.3, -0.25) is 0 Å². The molecule has 0 aromatic heterocycles. The summed E-state index contributed by atoms with van der Waals surface area (Å²) in [6, 6.07) is 0. The van der Waals surface area contributed by atoms with Crippen molar-refractivity contribution in [3.05, 3.63) is 0 Å². The van der Waals surface area contributed by atoms with Crippen molar-refractivity contribution in [3.8, 4) is 0 Å². The van der Waals surface area contributed by atoms with E-state index in [0.717, 1.165) is 0 Å². The maximum atomic E-state index is 10.2. The van der Waals surface area contributed by atoms with Gasteiger partial charge >= 0.3 is 0 Å². The van der Waals surface area contributed by atoms with Gasteiger partial charge < -0.3 is 9.66 Å². The Morgan fingerprint density at radius 3 is 1.89 bits per heavy atom. The Balaban J connectivity index is 4.56. The molecular weight excluding hydrogens is 144 g/mol. The van der Waals surface area contributed by atoms with Crippen LogP contribution < -0.4 is 0 Å². The summed E-state index contributed by atoms with van der Waals surface area (Å²) in [5.74, 6) is 0. The second kappa shape index (κ2) is 2.24. The quantitative estimate of drug-likeness (QED) is 0.532. The van der Waals surface area contributed by atoms with Crippen LogP contribution in [-0.4, -0.2) is 29.4 Å². The summed E-state index contributed by atoms with van der Waals surface area (Å²) in [6.07, 6.45) is 0. The Kier molecular flexibility index (Phi) is 2.21. The highest BCUT2D eigenvalue weighted by Crippen LogP contribution is 2.11. The van der Waals surface area contributed by atoms with Crippen molar-refractivity contribution >= 4 is 10.1 Å². The minimum absolute atomic E-state index is 0.640. The summed E-state index contributed by atoms with van der Waals surface area (Å²) in [4.78, 5) is 0. The van der Waals surface area contributed by atoms with Crippen LogP contribution in [0.15, 0.2) is 0 Å². The largest absolute Gasteiger partial charge is 0.747 e. The first kappa shape index (κ1) is 8.87. The maximum Gasteiger partial charge on any atom is 0.102 e. The highest BCUT2D eigenvalue weighted by atomic mass is 32.2. The first-order chi connectivity index (χ1) is 3.81. The number of aliphatic hydroxyl groups excluding tert-OH is 1. The molecule has 0 rings (SSSR count). The van der Waals surface area contributed by atoms with Crippen molar-refractivity contribution in [3.63, 3.8) is 0 Å². The summed E-state index contributed by atoms with van der Waals surface area (Å²) in [5.41, 5.74) is 0. The van der Waals surface area contributed by atoms with Crippen molar-refractivity contribution in [2.75, 3.05) is 6.61 Å². The third-order valence-electron chi connectivity index (χ3n) is 1.06. The van der Waals surface area contributed by atoms with Crippen LogP contribution in [0.25, 0.3) is 0 Å². The van der Waals surface area contributed by atoms with Gasteiger partial charge in [-0.15, -0.1) is 0 Å². The Bertz CT molecular complexity index is 179. The van der Waals surface area contributed by atoms with E-state index in [-0.39, 0.29) is 0 Å².